The normalized spacial score (nSPS) is 14.8. The average Bonchev–Trinajstić information content (AvgIpc) is 3.03. The quantitative estimate of drug-likeness (QED) is 0.851. The third kappa shape index (κ3) is 5.03. The molecule has 1 aliphatic rings. The first-order valence-corrected chi connectivity index (χ1v) is 9.96. The van der Waals surface area contributed by atoms with E-state index in [9.17, 15) is 9.59 Å². The van der Waals surface area contributed by atoms with Gasteiger partial charge in [0.1, 0.15) is 5.01 Å². The maximum atomic E-state index is 12.4. The molecule has 144 valence electrons. The summed E-state index contributed by atoms with van der Waals surface area (Å²) in [6, 6.07) is 3.93. The van der Waals surface area contributed by atoms with Crippen molar-refractivity contribution in [2.45, 2.75) is 39.2 Å². The van der Waals surface area contributed by atoms with Crippen LogP contribution in [-0.4, -0.2) is 52.6 Å². The summed E-state index contributed by atoms with van der Waals surface area (Å²) in [5.74, 6) is -0.00549. The minimum atomic E-state index is -0.273. The van der Waals surface area contributed by atoms with Gasteiger partial charge < -0.3 is 15.0 Å². The summed E-state index contributed by atoms with van der Waals surface area (Å²) < 4.78 is 5.02. The molecule has 27 heavy (non-hydrogen) atoms. The molecule has 0 bridgehead atoms. The highest BCUT2D eigenvalue weighted by Crippen LogP contribution is 2.27. The molecular formula is C19H24N4O3S. The number of pyridine rings is 1. The van der Waals surface area contributed by atoms with Crippen LogP contribution in [0.4, 0.5) is 4.79 Å². The zero-order valence-electron chi connectivity index (χ0n) is 15.6. The average molecular weight is 388 g/mol. The van der Waals surface area contributed by atoms with E-state index in [1.54, 1.807) is 24.2 Å². The molecule has 0 radical (unpaired) electrons. The zero-order chi connectivity index (χ0) is 19.2. The third-order valence-electron chi connectivity index (χ3n) is 4.51. The smallest absolute Gasteiger partial charge is 0.409 e. The molecule has 3 heterocycles. The van der Waals surface area contributed by atoms with Gasteiger partial charge in [0.15, 0.2) is 0 Å². The number of carbonyl (C=O) groups excluding carboxylic acids is 2. The number of amides is 2. The van der Waals surface area contributed by atoms with Gasteiger partial charge >= 0.3 is 6.09 Å². The van der Waals surface area contributed by atoms with Crippen LogP contribution < -0.4 is 5.32 Å². The number of hydrogen-bond donors (Lipinski definition) is 1. The van der Waals surface area contributed by atoms with Crippen molar-refractivity contribution in [2.75, 3.05) is 19.7 Å². The topological polar surface area (TPSA) is 84.4 Å². The lowest BCUT2D eigenvalue weighted by atomic mass is 10.1. The van der Waals surface area contributed by atoms with E-state index in [1.165, 1.54) is 11.3 Å². The second kappa shape index (κ2) is 8.94. The Bertz CT molecular complexity index is 786. The number of piperidine rings is 1. The number of nitrogens with one attached hydrogen (secondary N) is 1. The highest BCUT2D eigenvalue weighted by molar-refractivity contribution is 7.15. The Morgan fingerprint density at radius 1 is 1.37 bits per heavy atom. The molecule has 0 atom stereocenters. The minimum absolute atomic E-state index is 0.00549. The molecule has 0 saturated carbocycles. The van der Waals surface area contributed by atoms with Crippen LogP contribution in [0.5, 0.6) is 0 Å². The first-order valence-electron chi connectivity index (χ1n) is 9.14. The number of nitrogens with zero attached hydrogens (tertiary/aromatic N) is 3. The van der Waals surface area contributed by atoms with Crippen LogP contribution in [0.15, 0.2) is 24.5 Å². The number of rotatable bonds is 5. The monoisotopic (exact) mass is 388 g/mol. The molecule has 1 aliphatic heterocycles. The lowest BCUT2D eigenvalue weighted by Gasteiger charge is -2.31. The van der Waals surface area contributed by atoms with Gasteiger partial charge in [0, 0.05) is 42.0 Å². The molecule has 0 spiro atoms. The molecule has 8 heteroatoms. The van der Waals surface area contributed by atoms with Gasteiger partial charge in [-0.3, -0.25) is 9.78 Å². The molecule has 2 aromatic rings. The van der Waals surface area contributed by atoms with Crippen LogP contribution in [0.25, 0.3) is 10.6 Å². The van der Waals surface area contributed by atoms with Crippen LogP contribution in [0.3, 0.4) is 0 Å². The van der Waals surface area contributed by atoms with Gasteiger partial charge in [-0.05, 0) is 38.8 Å². The van der Waals surface area contributed by atoms with E-state index in [1.807, 2.05) is 19.1 Å². The van der Waals surface area contributed by atoms with Crippen LogP contribution in [0.1, 0.15) is 30.3 Å². The first kappa shape index (κ1) is 19.3. The van der Waals surface area contributed by atoms with E-state index >= 15 is 0 Å². The largest absolute Gasteiger partial charge is 0.450 e. The Hall–Kier alpha value is -2.48. The van der Waals surface area contributed by atoms with Crippen molar-refractivity contribution in [1.29, 1.82) is 0 Å². The van der Waals surface area contributed by atoms with Gasteiger partial charge in [0.2, 0.25) is 5.91 Å². The van der Waals surface area contributed by atoms with Crippen molar-refractivity contribution in [1.82, 2.24) is 20.2 Å². The zero-order valence-corrected chi connectivity index (χ0v) is 16.4. The van der Waals surface area contributed by atoms with Crippen LogP contribution in [0, 0.1) is 6.92 Å². The number of aromatic nitrogens is 2. The predicted molar refractivity (Wildman–Crippen MR) is 104 cm³/mol. The van der Waals surface area contributed by atoms with Gasteiger partial charge in [-0.25, -0.2) is 9.78 Å². The molecule has 0 aliphatic carbocycles. The summed E-state index contributed by atoms with van der Waals surface area (Å²) in [6.45, 7) is 5.32. The molecule has 2 aromatic heterocycles. The van der Waals surface area contributed by atoms with Crippen molar-refractivity contribution in [3.63, 3.8) is 0 Å². The standard InChI is InChI=1S/C19H24N4O3S/c1-3-26-19(25)23-9-6-15(7-10-23)22-17(24)11-16-13(2)21-18(27-16)14-5-4-8-20-12-14/h4-5,8,12,15H,3,6-7,9-11H2,1-2H3,(H,22,24). The molecular weight excluding hydrogens is 364 g/mol. The maximum absolute atomic E-state index is 12.4. The summed E-state index contributed by atoms with van der Waals surface area (Å²) in [5, 5.41) is 3.96. The Kier molecular flexibility index (Phi) is 6.39. The fourth-order valence-electron chi connectivity index (χ4n) is 3.05. The summed E-state index contributed by atoms with van der Waals surface area (Å²) in [4.78, 5) is 35.5. The van der Waals surface area contributed by atoms with E-state index in [2.05, 4.69) is 15.3 Å². The van der Waals surface area contributed by atoms with E-state index in [0.717, 1.165) is 34.0 Å². The predicted octanol–water partition coefficient (Wildman–Crippen LogP) is 2.79. The number of ether oxygens (including phenoxy) is 1. The summed E-state index contributed by atoms with van der Waals surface area (Å²) in [7, 11) is 0. The van der Waals surface area contributed by atoms with Crippen molar-refractivity contribution in [3.8, 4) is 10.6 Å². The Morgan fingerprint density at radius 2 is 2.15 bits per heavy atom. The second-order valence-electron chi connectivity index (χ2n) is 6.47. The SMILES string of the molecule is CCOC(=O)N1CCC(NC(=O)Cc2sc(-c3cccnc3)nc2C)CC1. The summed E-state index contributed by atoms with van der Waals surface area (Å²) >= 11 is 1.53. The molecule has 0 aromatic carbocycles. The summed E-state index contributed by atoms with van der Waals surface area (Å²) in [6.07, 6.45) is 5.04. The highest BCUT2D eigenvalue weighted by atomic mass is 32.1. The number of aryl methyl sites for hydroxylation is 1. The second-order valence-corrected chi connectivity index (χ2v) is 7.56. The Balaban J connectivity index is 1.52. The lowest BCUT2D eigenvalue weighted by Crippen LogP contribution is -2.47. The van der Waals surface area contributed by atoms with Crippen LogP contribution >= 0.6 is 11.3 Å². The number of carbonyl (C=O) groups is 2. The fourth-order valence-corrected chi connectivity index (χ4v) is 4.10. The van der Waals surface area contributed by atoms with Gasteiger partial charge in [-0.15, -0.1) is 11.3 Å². The van der Waals surface area contributed by atoms with E-state index in [-0.39, 0.29) is 18.0 Å². The fraction of sp³-hybridized carbons (Fsp3) is 0.474. The van der Waals surface area contributed by atoms with Crippen molar-refractivity contribution in [2.24, 2.45) is 0 Å². The molecule has 1 fully saturated rings. The van der Waals surface area contributed by atoms with E-state index < -0.39 is 0 Å². The summed E-state index contributed by atoms with van der Waals surface area (Å²) in [5.41, 5.74) is 1.84. The third-order valence-corrected chi connectivity index (χ3v) is 5.71. The lowest BCUT2D eigenvalue weighted by molar-refractivity contribution is -0.121. The van der Waals surface area contributed by atoms with Gasteiger partial charge in [-0.1, -0.05) is 0 Å². The Morgan fingerprint density at radius 3 is 2.81 bits per heavy atom. The van der Waals surface area contributed by atoms with Crippen LogP contribution in [-0.2, 0) is 16.0 Å². The molecule has 7 nitrogen and oxygen atoms in total. The van der Waals surface area contributed by atoms with Crippen LogP contribution in [0.2, 0.25) is 0 Å². The minimum Gasteiger partial charge on any atom is -0.450 e. The highest BCUT2D eigenvalue weighted by Gasteiger charge is 2.25. The number of hydrogen-bond acceptors (Lipinski definition) is 6. The Labute approximate surface area is 162 Å². The number of thiazole rings is 1. The van der Waals surface area contributed by atoms with Gasteiger partial charge in [0.05, 0.1) is 18.7 Å². The van der Waals surface area contributed by atoms with Crippen molar-refractivity contribution >= 4 is 23.3 Å². The molecule has 2 amide bonds. The number of likely N-dealkylation sites (tertiary alicyclic amines) is 1. The molecule has 3 rings (SSSR count). The van der Waals surface area contributed by atoms with Gasteiger partial charge in [0.25, 0.3) is 0 Å². The van der Waals surface area contributed by atoms with E-state index in [0.29, 0.717) is 26.1 Å². The molecule has 1 saturated heterocycles. The van der Waals surface area contributed by atoms with E-state index in [4.69, 9.17) is 4.74 Å². The maximum Gasteiger partial charge on any atom is 0.409 e. The van der Waals surface area contributed by atoms with Crippen molar-refractivity contribution in [3.05, 3.63) is 35.1 Å². The van der Waals surface area contributed by atoms with Crippen molar-refractivity contribution < 1.29 is 14.3 Å². The molecule has 0 unspecified atom stereocenters. The van der Waals surface area contributed by atoms with Gasteiger partial charge in [-0.2, -0.15) is 0 Å². The molecule has 1 N–H and O–H groups in total. The first-order chi connectivity index (χ1) is 13.1.